The van der Waals surface area contributed by atoms with Crippen molar-refractivity contribution in [3.05, 3.63) is 47.3 Å². The molecule has 0 fully saturated rings. The van der Waals surface area contributed by atoms with Crippen molar-refractivity contribution >= 4 is 11.6 Å². The molecule has 1 atom stereocenters. The third-order valence-corrected chi connectivity index (χ3v) is 2.78. The molecular formula is C13H15ClFO. The first-order valence-corrected chi connectivity index (χ1v) is 5.41. The lowest BCUT2D eigenvalue weighted by molar-refractivity contribution is 0.0870. The zero-order valence-electron chi connectivity index (χ0n) is 9.37. The first-order valence-electron chi connectivity index (χ1n) is 5.03. The molecule has 1 nitrogen and oxygen atoms in total. The molecule has 16 heavy (non-hydrogen) atoms. The summed E-state index contributed by atoms with van der Waals surface area (Å²) in [6.07, 6.45) is -0.318. The maximum Gasteiger partial charge on any atom is 0.123 e. The average molecular weight is 242 g/mol. The van der Waals surface area contributed by atoms with Crippen molar-refractivity contribution in [1.82, 2.24) is 0 Å². The van der Waals surface area contributed by atoms with Crippen LogP contribution in [0.4, 0.5) is 4.39 Å². The number of halogens is 2. The fraction of sp³-hybridized carbons (Fsp3) is 0.385. The van der Waals surface area contributed by atoms with E-state index >= 15 is 0 Å². The van der Waals surface area contributed by atoms with Crippen LogP contribution in [0.25, 0.3) is 0 Å². The molecule has 1 unspecified atom stereocenters. The zero-order valence-corrected chi connectivity index (χ0v) is 10.1. The summed E-state index contributed by atoms with van der Waals surface area (Å²) in [4.78, 5) is 0. The van der Waals surface area contributed by atoms with Crippen molar-refractivity contribution in [3.63, 3.8) is 0 Å². The topological polar surface area (TPSA) is 20.2 Å². The smallest absolute Gasteiger partial charge is 0.123 e. The number of rotatable bonds is 4. The molecule has 1 radical (unpaired) electrons. The summed E-state index contributed by atoms with van der Waals surface area (Å²) in [5.41, 5.74) is 0.451. The summed E-state index contributed by atoms with van der Waals surface area (Å²) in [5, 5.41) is 9.78. The quantitative estimate of drug-likeness (QED) is 0.858. The molecule has 0 aliphatic rings. The molecule has 3 heteroatoms. The Morgan fingerprint density at radius 2 is 1.94 bits per heavy atom. The van der Waals surface area contributed by atoms with Crippen molar-refractivity contribution in [1.29, 1.82) is 0 Å². The minimum absolute atomic E-state index is 0.0212. The number of hydrogen-bond acceptors (Lipinski definition) is 1. The van der Waals surface area contributed by atoms with E-state index in [1.54, 1.807) is 12.1 Å². The van der Waals surface area contributed by atoms with Crippen molar-refractivity contribution < 1.29 is 9.50 Å². The summed E-state index contributed by atoms with van der Waals surface area (Å²) in [7, 11) is 0. The highest BCUT2D eigenvalue weighted by Gasteiger charge is 2.29. The van der Waals surface area contributed by atoms with E-state index in [9.17, 15) is 9.50 Å². The van der Waals surface area contributed by atoms with E-state index in [4.69, 9.17) is 18.2 Å². The Hall–Kier alpha value is -0.860. The first kappa shape index (κ1) is 13.2. The molecule has 87 valence electrons. The highest BCUT2D eigenvalue weighted by molar-refractivity contribution is 6.29. The second-order valence-corrected chi connectivity index (χ2v) is 5.02. The minimum Gasteiger partial charge on any atom is -0.387 e. The standard InChI is InChI=1S/C13H15ClFO/c1-9(14)12(16)13(2,3)8-10-4-6-11(15)7-5-10/h1,4-7,12,16H,8H2,2-3H3. The van der Waals surface area contributed by atoms with Crippen molar-refractivity contribution in [3.8, 4) is 0 Å². The Bertz CT molecular complexity index is 370. The molecule has 1 aromatic rings. The van der Waals surface area contributed by atoms with Crippen LogP contribution in [0.3, 0.4) is 0 Å². The number of hydrogen-bond donors (Lipinski definition) is 1. The lowest BCUT2D eigenvalue weighted by Crippen LogP contribution is -2.31. The van der Waals surface area contributed by atoms with Crippen LogP contribution in [0.15, 0.2) is 29.3 Å². The van der Waals surface area contributed by atoms with E-state index in [2.05, 4.69) is 0 Å². The van der Waals surface area contributed by atoms with Crippen LogP contribution in [0.1, 0.15) is 19.4 Å². The normalized spacial score (nSPS) is 13.6. The monoisotopic (exact) mass is 241 g/mol. The minimum atomic E-state index is -0.890. The number of benzene rings is 1. The highest BCUT2D eigenvalue weighted by atomic mass is 35.5. The number of aliphatic hydroxyl groups is 1. The van der Waals surface area contributed by atoms with Gasteiger partial charge in [0.15, 0.2) is 0 Å². The summed E-state index contributed by atoms with van der Waals surface area (Å²) < 4.78 is 12.7. The Balaban J connectivity index is 2.79. The molecule has 1 rings (SSSR count). The van der Waals surface area contributed by atoms with Crippen LogP contribution in [-0.4, -0.2) is 11.2 Å². The second kappa shape index (κ2) is 4.98. The van der Waals surface area contributed by atoms with Crippen LogP contribution < -0.4 is 0 Å². The van der Waals surface area contributed by atoms with Crippen LogP contribution in [-0.2, 0) is 6.42 Å². The largest absolute Gasteiger partial charge is 0.387 e. The molecule has 0 amide bonds. The molecule has 0 saturated carbocycles. The molecule has 1 aromatic carbocycles. The van der Waals surface area contributed by atoms with Crippen LogP contribution >= 0.6 is 11.6 Å². The Kier molecular flexibility index (Phi) is 4.11. The molecule has 0 spiro atoms. The Labute approximate surface area is 101 Å². The average Bonchev–Trinajstić information content (AvgIpc) is 2.20. The molecule has 0 bridgehead atoms. The van der Waals surface area contributed by atoms with Crippen molar-refractivity contribution in [2.45, 2.75) is 26.4 Å². The molecule has 0 saturated heterocycles. The molecular weight excluding hydrogens is 227 g/mol. The third kappa shape index (κ3) is 3.32. The fourth-order valence-corrected chi connectivity index (χ4v) is 1.89. The van der Waals surface area contributed by atoms with E-state index in [-0.39, 0.29) is 10.8 Å². The van der Waals surface area contributed by atoms with Crippen molar-refractivity contribution in [2.75, 3.05) is 0 Å². The second-order valence-electron chi connectivity index (χ2n) is 4.58. The van der Waals surface area contributed by atoms with Gasteiger partial charge in [0.25, 0.3) is 0 Å². The third-order valence-electron chi connectivity index (χ3n) is 2.57. The predicted octanol–water partition coefficient (Wildman–Crippen LogP) is 3.31. The summed E-state index contributed by atoms with van der Waals surface area (Å²) in [6.45, 7) is 9.09. The Morgan fingerprint density at radius 1 is 1.44 bits per heavy atom. The zero-order chi connectivity index (χ0) is 12.3. The van der Waals surface area contributed by atoms with Gasteiger partial charge in [-0.2, -0.15) is 0 Å². The van der Waals surface area contributed by atoms with E-state index in [1.807, 2.05) is 13.8 Å². The highest BCUT2D eigenvalue weighted by Crippen LogP contribution is 2.30. The first-order chi connectivity index (χ1) is 7.33. The molecule has 0 aliphatic heterocycles. The molecule has 0 heterocycles. The van der Waals surface area contributed by atoms with Gasteiger partial charge in [-0.1, -0.05) is 37.6 Å². The maximum absolute atomic E-state index is 12.7. The lowest BCUT2D eigenvalue weighted by atomic mass is 9.80. The Morgan fingerprint density at radius 3 is 2.38 bits per heavy atom. The van der Waals surface area contributed by atoms with Gasteiger partial charge in [0.1, 0.15) is 5.82 Å². The molecule has 0 aromatic heterocycles. The van der Waals surface area contributed by atoms with Crippen molar-refractivity contribution in [2.24, 2.45) is 5.41 Å². The van der Waals surface area contributed by atoms with Crippen LogP contribution in [0.2, 0.25) is 0 Å². The van der Waals surface area contributed by atoms with E-state index in [1.165, 1.54) is 12.1 Å². The van der Waals surface area contributed by atoms with E-state index < -0.39 is 11.5 Å². The van der Waals surface area contributed by atoms with Gasteiger partial charge in [-0.05, 0) is 36.1 Å². The molecule has 0 aliphatic carbocycles. The number of aliphatic hydroxyl groups excluding tert-OH is 1. The SMILES string of the molecule is [CH]=C(Cl)C(O)C(C)(C)Cc1ccc(F)cc1. The van der Waals surface area contributed by atoms with Gasteiger partial charge < -0.3 is 5.11 Å². The molecule has 1 N–H and O–H groups in total. The predicted molar refractivity (Wildman–Crippen MR) is 63.6 cm³/mol. The van der Waals surface area contributed by atoms with Crippen LogP contribution in [0.5, 0.6) is 0 Å². The van der Waals surface area contributed by atoms with Gasteiger partial charge in [0.2, 0.25) is 0 Å². The summed E-state index contributed by atoms with van der Waals surface area (Å²) >= 11 is 5.59. The van der Waals surface area contributed by atoms with Gasteiger partial charge in [-0.15, -0.1) is 0 Å². The van der Waals surface area contributed by atoms with E-state index in [0.717, 1.165) is 5.56 Å². The van der Waals surface area contributed by atoms with Gasteiger partial charge in [-0.3, -0.25) is 0 Å². The van der Waals surface area contributed by atoms with Gasteiger partial charge in [0, 0.05) is 5.03 Å². The van der Waals surface area contributed by atoms with E-state index in [0.29, 0.717) is 6.42 Å². The maximum atomic E-state index is 12.7. The van der Waals surface area contributed by atoms with Gasteiger partial charge in [0.05, 0.1) is 6.10 Å². The van der Waals surface area contributed by atoms with Gasteiger partial charge >= 0.3 is 0 Å². The fourth-order valence-electron chi connectivity index (χ4n) is 1.60. The van der Waals surface area contributed by atoms with Crippen LogP contribution in [0, 0.1) is 17.8 Å². The van der Waals surface area contributed by atoms with Gasteiger partial charge in [-0.25, -0.2) is 4.39 Å². The summed E-state index contributed by atoms with van der Waals surface area (Å²) in [6, 6.07) is 6.17. The lowest BCUT2D eigenvalue weighted by Gasteiger charge is -2.30. The summed E-state index contributed by atoms with van der Waals surface area (Å²) in [5.74, 6) is -0.273.